The number of hydrogen-bond donors (Lipinski definition) is 2. The van der Waals surface area contributed by atoms with Crippen molar-refractivity contribution < 1.29 is 10.0 Å². The maximum Gasteiger partial charge on any atom is 0.488 e. The first-order valence-corrected chi connectivity index (χ1v) is 4.51. The average molecular weight is 249 g/mol. The van der Waals surface area contributed by atoms with Gasteiger partial charge in [-0.1, -0.05) is 17.7 Å². The Balaban J connectivity index is 3.27. The minimum Gasteiger partial charge on any atom is -0.423 e. The first-order valence-electron chi connectivity index (χ1n) is 3.34. The van der Waals surface area contributed by atoms with Crippen molar-refractivity contribution in [1.82, 2.24) is 0 Å². The predicted molar refractivity (Wildman–Crippen MR) is 53.7 cm³/mol. The summed E-state index contributed by atoms with van der Waals surface area (Å²) < 4.78 is 0.703. The molecule has 0 heterocycles. The van der Waals surface area contributed by atoms with E-state index in [1.165, 1.54) is 0 Å². The van der Waals surface area contributed by atoms with Crippen molar-refractivity contribution in [3.63, 3.8) is 0 Å². The molecule has 0 fully saturated rings. The molecule has 0 saturated carbocycles. The van der Waals surface area contributed by atoms with Crippen LogP contribution in [-0.4, -0.2) is 17.2 Å². The van der Waals surface area contributed by atoms with Gasteiger partial charge >= 0.3 is 7.12 Å². The molecule has 64 valence electrons. The number of hydrogen-bond acceptors (Lipinski definition) is 2. The molecule has 0 aromatic heterocycles. The largest absolute Gasteiger partial charge is 0.488 e. The van der Waals surface area contributed by atoms with Gasteiger partial charge in [0, 0.05) is 4.47 Å². The molecule has 2 N–H and O–H groups in total. The molecule has 0 spiro atoms. The molecule has 0 aliphatic heterocycles. The molecule has 1 aromatic rings. The number of halogens is 2. The van der Waals surface area contributed by atoms with Gasteiger partial charge in [-0.2, -0.15) is 0 Å². The minimum atomic E-state index is -1.45. The molecule has 12 heavy (non-hydrogen) atoms. The van der Waals surface area contributed by atoms with Crippen LogP contribution in [-0.2, 0) is 0 Å². The average Bonchev–Trinajstić information content (AvgIpc) is 2.00. The van der Waals surface area contributed by atoms with Crippen molar-refractivity contribution in [2.45, 2.75) is 6.92 Å². The van der Waals surface area contributed by atoms with Gasteiger partial charge in [0.05, 0.1) is 5.02 Å². The molecular formula is C7H7BBrClO2. The van der Waals surface area contributed by atoms with Crippen LogP contribution in [0.1, 0.15) is 5.56 Å². The Hall–Kier alpha value is -0.0251. The molecule has 0 atom stereocenters. The van der Waals surface area contributed by atoms with Crippen LogP contribution >= 0.6 is 27.5 Å². The van der Waals surface area contributed by atoms with Gasteiger partial charge in [-0.3, -0.25) is 0 Å². The fraction of sp³-hybridized carbons (Fsp3) is 0.143. The highest BCUT2D eigenvalue weighted by Crippen LogP contribution is 2.24. The van der Waals surface area contributed by atoms with E-state index >= 15 is 0 Å². The topological polar surface area (TPSA) is 40.5 Å². The molecule has 0 saturated heterocycles. The highest BCUT2D eigenvalue weighted by molar-refractivity contribution is 9.10. The van der Waals surface area contributed by atoms with Crippen molar-refractivity contribution in [3.05, 3.63) is 27.2 Å². The van der Waals surface area contributed by atoms with Crippen LogP contribution in [0.5, 0.6) is 0 Å². The van der Waals surface area contributed by atoms with Crippen molar-refractivity contribution >= 4 is 40.1 Å². The van der Waals surface area contributed by atoms with Gasteiger partial charge in [0.2, 0.25) is 0 Å². The summed E-state index contributed by atoms with van der Waals surface area (Å²) in [6.45, 7) is 1.77. The van der Waals surface area contributed by atoms with Gasteiger partial charge in [-0.15, -0.1) is 0 Å². The van der Waals surface area contributed by atoms with Crippen LogP contribution in [0, 0.1) is 6.92 Å². The summed E-state index contributed by atoms with van der Waals surface area (Å²) in [6, 6.07) is 3.21. The van der Waals surface area contributed by atoms with E-state index in [4.69, 9.17) is 21.6 Å². The molecule has 0 unspecified atom stereocenters. The molecule has 1 aromatic carbocycles. The number of benzene rings is 1. The van der Waals surface area contributed by atoms with E-state index in [0.29, 0.717) is 15.0 Å². The summed E-state index contributed by atoms with van der Waals surface area (Å²) in [5.41, 5.74) is 1.21. The van der Waals surface area contributed by atoms with E-state index in [0.717, 1.165) is 5.56 Å². The smallest absolute Gasteiger partial charge is 0.423 e. The fourth-order valence-corrected chi connectivity index (χ4v) is 1.51. The van der Waals surface area contributed by atoms with Crippen molar-refractivity contribution in [3.8, 4) is 0 Å². The second-order valence-electron chi connectivity index (χ2n) is 2.45. The molecule has 5 heteroatoms. The van der Waals surface area contributed by atoms with E-state index < -0.39 is 7.12 Å². The van der Waals surface area contributed by atoms with Crippen molar-refractivity contribution in [1.29, 1.82) is 0 Å². The maximum absolute atomic E-state index is 8.91. The van der Waals surface area contributed by atoms with Crippen molar-refractivity contribution in [2.24, 2.45) is 0 Å². The lowest BCUT2D eigenvalue weighted by Gasteiger charge is -2.07. The second-order valence-corrected chi connectivity index (χ2v) is 3.65. The molecule has 0 amide bonds. The van der Waals surface area contributed by atoms with Gasteiger partial charge in [-0.25, -0.2) is 0 Å². The maximum atomic E-state index is 8.91. The number of rotatable bonds is 1. The van der Waals surface area contributed by atoms with Crippen LogP contribution in [0.3, 0.4) is 0 Å². The van der Waals surface area contributed by atoms with Gasteiger partial charge in [0.15, 0.2) is 0 Å². The lowest BCUT2D eigenvalue weighted by Crippen LogP contribution is -2.32. The third-order valence-corrected chi connectivity index (χ3v) is 3.22. The molecule has 0 aliphatic rings. The van der Waals surface area contributed by atoms with E-state index in [1.807, 2.05) is 0 Å². The third kappa shape index (κ3) is 1.83. The normalized spacial score (nSPS) is 10.1. The zero-order valence-electron chi connectivity index (χ0n) is 6.38. The van der Waals surface area contributed by atoms with Gasteiger partial charge in [0.25, 0.3) is 0 Å². The minimum absolute atomic E-state index is 0.464. The molecule has 2 nitrogen and oxygen atoms in total. The standard InChI is InChI=1S/C7H7BBrClO2/c1-4-5(8(11)12)2-3-6(10)7(4)9/h2-3,11-12H,1H3. The Kier molecular flexibility index (Phi) is 3.18. The Morgan fingerprint density at radius 1 is 1.42 bits per heavy atom. The molecule has 1 rings (SSSR count). The zero-order chi connectivity index (χ0) is 9.30. The Bertz CT molecular complexity index is 304. The van der Waals surface area contributed by atoms with Gasteiger partial charge in [0.1, 0.15) is 0 Å². The lowest BCUT2D eigenvalue weighted by molar-refractivity contribution is 0.425. The molecular weight excluding hydrogens is 242 g/mol. The van der Waals surface area contributed by atoms with Crippen LogP contribution in [0.25, 0.3) is 0 Å². The summed E-state index contributed by atoms with van der Waals surface area (Å²) in [6.07, 6.45) is 0. The summed E-state index contributed by atoms with van der Waals surface area (Å²) in [4.78, 5) is 0. The SMILES string of the molecule is Cc1c(B(O)O)ccc(Cl)c1Br. The molecule has 0 bridgehead atoms. The predicted octanol–water partition coefficient (Wildman–Crippen LogP) is 1.09. The monoisotopic (exact) mass is 248 g/mol. The summed E-state index contributed by atoms with van der Waals surface area (Å²) in [5.74, 6) is 0. The fourth-order valence-electron chi connectivity index (χ4n) is 0.947. The highest BCUT2D eigenvalue weighted by Gasteiger charge is 2.16. The van der Waals surface area contributed by atoms with E-state index in [-0.39, 0.29) is 0 Å². The second kappa shape index (κ2) is 3.79. The van der Waals surface area contributed by atoms with Gasteiger partial charge in [-0.05, 0) is 39.9 Å². The first-order chi connectivity index (χ1) is 5.54. The Morgan fingerprint density at radius 3 is 2.50 bits per heavy atom. The quantitative estimate of drug-likeness (QED) is 0.731. The van der Waals surface area contributed by atoms with Crippen molar-refractivity contribution in [2.75, 3.05) is 0 Å². The summed E-state index contributed by atoms with van der Waals surface area (Å²) in [7, 11) is -1.45. The molecule has 0 radical (unpaired) electrons. The van der Waals surface area contributed by atoms with E-state index in [1.54, 1.807) is 19.1 Å². The highest BCUT2D eigenvalue weighted by atomic mass is 79.9. The molecule has 0 aliphatic carbocycles. The Labute approximate surface area is 84.4 Å². The Morgan fingerprint density at radius 2 is 2.00 bits per heavy atom. The summed E-state index contributed by atoms with van der Waals surface area (Å²) >= 11 is 9.02. The van der Waals surface area contributed by atoms with Crippen LogP contribution in [0.4, 0.5) is 0 Å². The van der Waals surface area contributed by atoms with Gasteiger partial charge < -0.3 is 10.0 Å². The lowest BCUT2D eigenvalue weighted by atomic mass is 9.77. The zero-order valence-corrected chi connectivity index (χ0v) is 8.72. The van der Waals surface area contributed by atoms with E-state index in [2.05, 4.69) is 15.9 Å². The van der Waals surface area contributed by atoms with E-state index in [9.17, 15) is 0 Å². The van der Waals surface area contributed by atoms with Crippen LogP contribution in [0.15, 0.2) is 16.6 Å². The third-order valence-electron chi connectivity index (χ3n) is 1.66. The summed E-state index contributed by atoms with van der Waals surface area (Å²) in [5, 5.41) is 18.4. The van der Waals surface area contributed by atoms with Crippen LogP contribution in [0.2, 0.25) is 5.02 Å². The first kappa shape index (κ1) is 10.1. The van der Waals surface area contributed by atoms with Crippen LogP contribution < -0.4 is 5.46 Å².